The molecule has 1 fully saturated rings. The number of aromatic nitrogens is 2. The molecule has 0 spiro atoms. The normalized spacial score (nSPS) is 17.9. The van der Waals surface area contributed by atoms with Crippen LogP contribution in [-0.4, -0.2) is 28.5 Å². The van der Waals surface area contributed by atoms with Crippen LogP contribution in [0.15, 0.2) is 30.5 Å². The molecule has 5 nitrogen and oxygen atoms in total. The van der Waals surface area contributed by atoms with Gasteiger partial charge in [-0.2, -0.15) is 0 Å². The Bertz CT molecular complexity index is 704. The highest BCUT2D eigenvalue weighted by Gasteiger charge is 2.22. The molecule has 1 saturated heterocycles. The highest BCUT2D eigenvalue weighted by Crippen LogP contribution is 2.24. The number of halogens is 1. The molecule has 114 valence electrons. The molecule has 3 rings (SSSR count). The average Bonchev–Trinajstić information content (AvgIpc) is 2.52. The number of carbonyl (C=O) groups excluding carboxylic acids is 1. The van der Waals surface area contributed by atoms with E-state index in [2.05, 4.69) is 20.6 Å². The second-order valence-electron chi connectivity index (χ2n) is 5.34. The zero-order chi connectivity index (χ0) is 15.5. The predicted octanol–water partition coefficient (Wildman–Crippen LogP) is 2.28. The molecule has 0 saturated carbocycles. The van der Waals surface area contributed by atoms with Crippen LogP contribution >= 0.6 is 0 Å². The van der Waals surface area contributed by atoms with Crippen LogP contribution in [0.2, 0.25) is 0 Å². The van der Waals surface area contributed by atoms with Crippen LogP contribution in [-0.2, 0) is 4.79 Å². The molecule has 0 radical (unpaired) electrons. The summed E-state index contributed by atoms with van der Waals surface area (Å²) in [5, 5.41) is 5.83. The van der Waals surface area contributed by atoms with Crippen molar-refractivity contribution >= 4 is 11.9 Å². The maximum Gasteiger partial charge on any atom is 0.242 e. The largest absolute Gasteiger partial charge is 0.354 e. The van der Waals surface area contributed by atoms with E-state index in [0.717, 1.165) is 18.4 Å². The van der Waals surface area contributed by atoms with Crippen molar-refractivity contribution in [2.24, 2.45) is 0 Å². The first-order valence-electron chi connectivity index (χ1n) is 7.28. The van der Waals surface area contributed by atoms with Gasteiger partial charge in [0, 0.05) is 18.3 Å². The van der Waals surface area contributed by atoms with E-state index >= 15 is 0 Å². The number of nitrogens with one attached hydrogen (secondary N) is 2. The fourth-order valence-corrected chi connectivity index (χ4v) is 2.50. The van der Waals surface area contributed by atoms with Crippen molar-refractivity contribution < 1.29 is 9.18 Å². The van der Waals surface area contributed by atoms with Gasteiger partial charge >= 0.3 is 0 Å². The summed E-state index contributed by atoms with van der Waals surface area (Å²) in [7, 11) is 0. The van der Waals surface area contributed by atoms with E-state index < -0.39 is 0 Å². The van der Waals surface area contributed by atoms with Crippen LogP contribution in [0, 0.1) is 12.7 Å². The topological polar surface area (TPSA) is 66.9 Å². The van der Waals surface area contributed by atoms with E-state index in [1.807, 2.05) is 6.92 Å². The third-order valence-electron chi connectivity index (χ3n) is 3.69. The third kappa shape index (κ3) is 2.90. The number of aryl methyl sites for hydroxylation is 1. The number of anilines is 1. The number of amides is 1. The van der Waals surface area contributed by atoms with Crippen molar-refractivity contribution in [1.29, 1.82) is 0 Å². The van der Waals surface area contributed by atoms with Crippen LogP contribution in [0.3, 0.4) is 0 Å². The van der Waals surface area contributed by atoms with Gasteiger partial charge in [0.25, 0.3) is 0 Å². The number of carbonyl (C=O) groups is 1. The summed E-state index contributed by atoms with van der Waals surface area (Å²) < 4.78 is 14.0. The van der Waals surface area contributed by atoms with Crippen LogP contribution in [0.1, 0.15) is 18.4 Å². The first-order chi connectivity index (χ1) is 10.6. The lowest BCUT2D eigenvalue weighted by Gasteiger charge is -2.23. The lowest BCUT2D eigenvalue weighted by atomic mass is 10.1. The molecule has 22 heavy (non-hydrogen) atoms. The minimum Gasteiger partial charge on any atom is -0.354 e. The maximum absolute atomic E-state index is 14.0. The third-order valence-corrected chi connectivity index (χ3v) is 3.69. The number of rotatable bonds is 3. The molecule has 1 unspecified atom stereocenters. The smallest absolute Gasteiger partial charge is 0.242 e. The molecule has 1 aliphatic heterocycles. The molecule has 2 N–H and O–H groups in total. The monoisotopic (exact) mass is 300 g/mol. The molecule has 0 aliphatic carbocycles. The summed E-state index contributed by atoms with van der Waals surface area (Å²) in [6, 6.07) is 6.15. The molecule has 2 aromatic rings. The highest BCUT2D eigenvalue weighted by atomic mass is 19.1. The van der Waals surface area contributed by atoms with Gasteiger partial charge in [-0.1, -0.05) is 12.1 Å². The molecule has 0 bridgehead atoms. The van der Waals surface area contributed by atoms with Crippen LogP contribution in [0.25, 0.3) is 11.3 Å². The lowest BCUT2D eigenvalue weighted by molar-refractivity contribution is -0.123. The van der Waals surface area contributed by atoms with Gasteiger partial charge in [-0.25, -0.2) is 14.4 Å². The molecule has 1 aromatic carbocycles. The molecule has 1 aliphatic rings. The number of piperidine rings is 1. The lowest BCUT2D eigenvalue weighted by Crippen LogP contribution is -2.44. The van der Waals surface area contributed by atoms with Gasteiger partial charge in [0.05, 0.1) is 5.69 Å². The van der Waals surface area contributed by atoms with Gasteiger partial charge in [0.2, 0.25) is 11.9 Å². The standard InChI is InChI=1S/C16H17FN4O/c1-10-9-19-16(20-13-7-4-8-18-15(13)22)21-14(10)11-5-2-3-6-12(11)17/h2-3,5-6,9,13H,4,7-8H2,1H3,(H,18,22)(H,19,20,21). The quantitative estimate of drug-likeness (QED) is 0.912. The first-order valence-corrected chi connectivity index (χ1v) is 7.28. The number of hydrogen-bond acceptors (Lipinski definition) is 4. The Kier molecular flexibility index (Phi) is 4.00. The maximum atomic E-state index is 14.0. The molecule has 1 atom stereocenters. The van der Waals surface area contributed by atoms with Crippen molar-refractivity contribution in [3.05, 3.63) is 41.8 Å². The van der Waals surface area contributed by atoms with Gasteiger partial charge in [-0.15, -0.1) is 0 Å². The van der Waals surface area contributed by atoms with E-state index in [0.29, 0.717) is 23.8 Å². The summed E-state index contributed by atoms with van der Waals surface area (Å²) in [5.74, 6) is -0.0422. The van der Waals surface area contributed by atoms with Gasteiger partial charge < -0.3 is 10.6 Å². The molecular formula is C16H17FN4O. The van der Waals surface area contributed by atoms with E-state index in [4.69, 9.17) is 0 Å². The van der Waals surface area contributed by atoms with Gasteiger partial charge in [0.15, 0.2) is 0 Å². The Morgan fingerprint density at radius 2 is 2.18 bits per heavy atom. The van der Waals surface area contributed by atoms with E-state index in [-0.39, 0.29) is 17.8 Å². The highest BCUT2D eigenvalue weighted by molar-refractivity contribution is 5.84. The average molecular weight is 300 g/mol. The fourth-order valence-electron chi connectivity index (χ4n) is 2.50. The minimum absolute atomic E-state index is 0.0529. The number of benzene rings is 1. The molecular weight excluding hydrogens is 283 g/mol. The zero-order valence-electron chi connectivity index (χ0n) is 12.3. The van der Waals surface area contributed by atoms with Crippen molar-refractivity contribution in [1.82, 2.24) is 15.3 Å². The van der Waals surface area contributed by atoms with Crippen LogP contribution < -0.4 is 10.6 Å². The fraction of sp³-hybridized carbons (Fsp3) is 0.312. The Morgan fingerprint density at radius 3 is 2.95 bits per heavy atom. The molecule has 6 heteroatoms. The zero-order valence-corrected chi connectivity index (χ0v) is 12.3. The summed E-state index contributed by atoms with van der Waals surface area (Å²) in [4.78, 5) is 20.4. The Balaban J connectivity index is 1.90. The van der Waals surface area contributed by atoms with E-state index in [1.165, 1.54) is 6.07 Å². The Labute approximate surface area is 128 Å². The van der Waals surface area contributed by atoms with Gasteiger partial charge in [-0.05, 0) is 37.5 Å². The number of hydrogen-bond donors (Lipinski definition) is 2. The van der Waals surface area contributed by atoms with Crippen molar-refractivity contribution in [2.45, 2.75) is 25.8 Å². The van der Waals surface area contributed by atoms with E-state index in [9.17, 15) is 9.18 Å². The number of nitrogens with zero attached hydrogens (tertiary/aromatic N) is 2. The molecule has 2 heterocycles. The SMILES string of the molecule is Cc1cnc(NC2CCCNC2=O)nc1-c1ccccc1F. The Hall–Kier alpha value is -2.50. The van der Waals surface area contributed by atoms with Crippen molar-refractivity contribution in [3.8, 4) is 11.3 Å². The molecule has 1 aromatic heterocycles. The minimum atomic E-state index is -0.343. The van der Waals surface area contributed by atoms with Crippen molar-refractivity contribution in [3.63, 3.8) is 0 Å². The second-order valence-corrected chi connectivity index (χ2v) is 5.34. The summed E-state index contributed by atoms with van der Waals surface area (Å²) in [6.45, 7) is 2.53. The van der Waals surface area contributed by atoms with Gasteiger partial charge in [0.1, 0.15) is 11.9 Å². The predicted molar refractivity (Wildman–Crippen MR) is 81.8 cm³/mol. The van der Waals surface area contributed by atoms with Crippen LogP contribution in [0.5, 0.6) is 0 Å². The summed E-state index contributed by atoms with van der Waals surface area (Å²) in [5.41, 5.74) is 1.74. The van der Waals surface area contributed by atoms with Gasteiger partial charge in [-0.3, -0.25) is 4.79 Å². The van der Waals surface area contributed by atoms with Crippen molar-refractivity contribution in [2.75, 3.05) is 11.9 Å². The molecule has 1 amide bonds. The summed E-state index contributed by atoms with van der Waals surface area (Å²) in [6.07, 6.45) is 3.28. The van der Waals surface area contributed by atoms with E-state index in [1.54, 1.807) is 24.4 Å². The van der Waals surface area contributed by atoms with Crippen LogP contribution in [0.4, 0.5) is 10.3 Å². The second kappa shape index (κ2) is 6.09. The summed E-state index contributed by atoms with van der Waals surface area (Å²) >= 11 is 0. The first kappa shape index (κ1) is 14.4. The Morgan fingerprint density at radius 1 is 1.36 bits per heavy atom.